The standard InChI is InChI=1S/C29H28ClNO6/c1-16-7-3-4-8-19(16)31-25(34)15-36-29-18(30)13-17(14-24(29)35-2)26-27-20(32)9-5-11-22(27)37-23-12-6-10-21(33)28(23)26/h3-4,7-8,13-14,26H,5-6,9-12,15H2,1-2H3,(H,31,34). The van der Waals surface area contributed by atoms with Crippen molar-refractivity contribution < 1.29 is 28.6 Å². The number of hydrogen-bond acceptors (Lipinski definition) is 6. The highest BCUT2D eigenvalue weighted by molar-refractivity contribution is 6.32. The molecule has 2 aromatic carbocycles. The Morgan fingerprint density at radius 3 is 2.30 bits per heavy atom. The average Bonchev–Trinajstić information content (AvgIpc) is 2.88. The van der Waals surface area contributed by atoms with E-state index in [1.165, 1.54) is 7.11 Å². The van der Waals surface area contributed by atoms with Crippen LogP contribution >= 0.6 is 11.6 Å². The molecule has 5 rings (SSSR count). The van der Waals surface area contributed by atoms with Crippen molar-refractivity contribution in [2.24, 2.45) is 0 Å². The quantitative estimate of drug-likeness (QED) is 0.516. The zero-order chi connectivity index (χ0) is 26.1. The maximum absolute atomic E-state index is 13.0. The van der Waals surface area contributed by atoms with E-state index in [0.717, 1.165) is 18.4 Å². The topological polar surface area (TPSA) is 90.9 Å². The Labute approximate surface area is 220 Å². The predicted octanol–water partition coefficient (Wildman–Crippen LogP) is 5.80. The summed E-state index contributed by atoms with van der Waals surface area (Å²) in [7, 11) is 1.48. The van der Waals surface area contributed by atoms with Crippen molar-refractivity contribution in [2.75, 3.05) is 19.0 Å². The number of ketones is 2. The third-order valence-corrected chi connectivity index (χ3v) is 7.27. The molecule has 2 aromatic rings. The molecule has 0 atom stereocenters. The van der Waals surface area contributed by atoms with Crippen LogP contribution in [0.4, 0.5) is 5.69 Å². The molecular weight excluding hydrogens is 494 g/mol. The molecule has 1 N–H and O–H groups in total. The lowest BCUT2D eigenvalue weighted by Gasteiger charge is -2.36. The number of ether oxygens (including phenoxy) is 3. The summed E-state index contributed by atoms with van der Waals surface area (Å²) in [5.74, 6) is 0.895. The van der Waals surface area contributed by atoms with Gasteiger partial charge in [0.1, 0.15) is 11.5 Å². The minimum Gasteiger partial charge on any atom is -0.493 e. The maximum atomic E-state index is 13.0. The van der Waals surface area contributed by atoms with E-state index in [2.05, 4.69) is 5.32 Å². The van der Waals surface area contributed by atoms with Crippen LogP contribution in [0.3, 0.4) is 0 Å². The summed E-state index contributed by atoms with van der Waals surface area (Å²) < 4.78 is 17.5. The molecule has 0 unspecified atom stereocenters. The smallest absolute Gasteiger partial charge is 0.262 e. The number of amides is 1. The fourth-order valence-electron chi connectivity index (χ4n) is 5.23. The van der Waals surface area contributed by atoms with E-state index in [-0.39, 0.29) is 34.9 Å². The van der Waals surface area contributed by atoms with Gasteiger partial charge in [-0.15, -0.1) is 0 Å². The van der Waals surface area contributed by atoms with Gasteiger partial charge in [-0.1, -0.05) is 29.8 Å². The number of para-hydroxylation sites is 1. The fraction of sp³-hybridized carbons (Fsp3) is 0.345. The molecule has 7 nitrogen and oxygen atoms in total. The van der Waals surface area contributed by atoms with Crippen LogP contribution in [0.15, 0.2) is 59.1 Å². The molecule has 1 aliphatic heterocycles. The first-order chi connectivity index (χ1) is 17.9. The van der Waals surface area contributed by atoms with Gasteiger partial charge < -0.3 is 19.5 Å². The van der Waals surface area contributed by atoms with Crippen molar-refractivity contribution in [3.05, 3.63) is 75.2 Å². The highest BCUT2D eigenvalue weighted by Gasteiger charge is 2.42. The molecule has 37 heavy (non-hydrogen) atoms. The maximum Gasteiger partial charge on any atom is 0.262 e. The molecule has 2 aliphatic carbocycles. The second-order valence-corrected chi connectivity index (χ2v) is 9.86. The monoisotopic (exact) mass is 521 g/mol. The minimum atomic E-state index is -0.566. The average molecular weight is 522 g/mol. The molecule has 0 radical (unpaired) electrons. The number of allylic oxidation sites excluding steroid dienone is 4. The third kappa shape index (κ3) is 4.88. The molecular formula is C29H28ClNO6. The van der Waals surface area contributed by atoms with Crippen LogP contribution in [0.25, 0.3) is 0 Å². The lowest BCUT2D eigenvalue weighted by atomic mass is 9.73. The molecule has 0 saturated carbocycles. The number of carbonyl (C=O) groups excluding carboxylic acids is 3. The summed E-state index contributed by atoms with van der Waals surface area (Å²) in [6.07, 6.45) is 3.59. The number of nitrogens with one attached hydrogen (secondary N) is 1. The van der Waals surface area contributed by atoms with Gasteiger partial charge in [-0.2, -0.15) is 0 Å². The molecule has 1 heterocycles. The van der Waals surface area contributed by atoms with Gasteiger partial charge in [0, 0.05) is 48.4 Å². The van der Waals surface area contributed by atoms with Gasteiger partial charge >= 0.3 is 0 Å². The van der Waals surface area contributed by atoms with Crippen LogP contribution in [-0.2, 0) is 19.1 Å². The van der Waals surface area contributed by atoms with Crippen molar-refractivity contribution in [3.8, 4) is 11.5 Å². The van der Waals surface area contributed by atoms with Gasteiger partial charge in [0.25, 0.3) is 5.91 Å². The van der Waals surface area contributed by atoms with Crippen LogP contribution in [-0.4, -0.2) is 31.2 Å². The number of carbonyl (C=O) groups is 3. The predicted molar refractivity (Wildman–Crippen MR) is 139 cm³/mol. The highest BCUT2D eigenvalue weighted by atomic mass is 35.5. The molecule has 3 aliphatic rings. The van der Waals surface area contributed by atoms with Gasteiger partial charge in [0.05, 0.1) is 12.1 Å². The second-order valence-electron chi connectivity index (χ2n) is 9.45. The zero-order valence-corrected chi connectivity index (χ0v) is 21.6. The van der Waals surface area contributed by atoms with E-state index in [1.54, 1.807) is 12.1 Å². The van der Waals surface area contributed by atoms with E-state index in [4.69, 9.17) is 25.8 Å². The molecule has 0 fully saturated rings. The Morgan fingerprint density at radius 2 is 1.68 bits per heavy atom. The molecule has 0 saturated heterocycles. The molecule has 0 bridgehead atoms. The summed E-state index contributed by atoms with van der Waals surface area (Å²) in [6.45, 7) is 1.63. The second kappa shape index (κ2) is 10.4. The molecule has 0 aromatic heterocycles. The summed E-state index contributed by atoms with van der Waals surface area (Å²) in [6, 6.07) is 10.9. The van der Waals surface area contributed by atoms with Crippen LogP contribution in [0, 0.1) is 6.92 Å². The largest absolute Gasteiger partial charge is 0.493 e. The normalized spacial score (nSPS) is 17.7. The number of anilines is 1. The summed E-state index contributed by atoms with van der Waals surface area (Å²) >= 11 is 6.65. The van der Waals surface area contributed by atoms with Crippen molar-refractivity contribution in [3.63, 3.8) is 0 Å². The summed E-state index contributed by atoms with van der Waals surface area (Å²) in [5.41, 5.74) is 3.36. The van der Waals surface area contributed by atoms with Crippen LogP contribution in [0.1, 0.15) is 55.6 Å². The van der Waals surface area contributed by atoms with Gasteiger partial charge in [-0.25, -0.2) is 0 Å². The number of rotatable bonds is 6. The van der Waals surface area contributed by atoms with Gasteiger partial charge in [-0.3, -0.25) is 14.4 Å². The van der Waals surface area contributed by atoms with Crippen LogP contribution in [0.2, 0.25) is 5.02 Å². The van der Waals surface area contributed by atoms with E-state index < -0.39 is 5.92 Å². The number of aryl methyl sites for hydroxylation is 1. The molecule has 8 heteroatoms. The number of benzene rings is 2. The Kier molecular flexibility index (Phi) is 7.07. The number of hydrogen-bond donors (Lipinski definition) is 1. The van der Waals surface area contributed by atoms with E-state index in [9.17, 15) is 14.4 Å². The van der Waals surface area contributed by atoms with E-state index in [0.29, 0.717) is 65.3 Å². The Morgan fingerprint density at radius 1 is 1.03 bits per heavy atom. The van der Waals surface area contributed by atoms with Crippen LogP contribution in [0.5, 0.6) is 11.5 Å². The van der Waals surface area contributed by atoms with Crippen molar-refractivity contribution in [2.45, 2.75) is 51.4 Å². The van der Waals surface area contributed by atoms with Crippen molar-refractivity contribution in [1.29, 1.82) is 0 Å². The summed E-state index contributed by atoms with van der Waals surface area (Å²) in [5, 5.41) is 3.05. The first-order valence-electron chi connectivity index (χ1n) is 12.4. The first kappa shape index (κ1) is 25.1. The van der Waals surface area contributed by atoms with Gasteiger partial charge in [0.2, 0.25) is 0 Å². The SMILES string of the molecule is COc1cc(C2C3=C(CCCC3=O)OC3=C2C(=O)CCC3)cc(Cl)c1OCC(=O)Nc1ccccc1C. The summed E-state index contributed by atoms with van der Waals surface area (Å²) in [4.78, 5) is 38.6. The molecule has 192 valence electrons. The number of methoxy groups -OCH3 is 1. The van der Waals surface area contributed by atoms with Crippen LogP contribution < -0.4 is 14.8 Å². The number of halogens is 1. The molecule has 0 spiro atoms. The highest BCUT2D eigenvalue weighted by Crippen LogP contribution is 2.50. The first-order valence-corrected chi connectivity index (χ1v) is 12.8. The lowest BCUT2D eigenvalue weighted by Crippen LogP contribution is -2.30. The Hall–Kier alpha value is -3.58. The Balaban J connectivity index is 1.46. The fourth-order valence-corrected chi connectivity index (χ4v) is 5.51. The van der Waals surface area contributed by atoms with E-state index >= 15 is 0 Å². The lowest BCUT2D eigenvalue weighted by molar-refractivity contribution is -0.119. The third-order valence-electron chi connectivity index (χ3n) is 6.99. The molecule has 1 amide bonds. The van der Waals surface area contributed by atoms with Crippen molar-refractivity contribution >= 4 is 34.8 Å². The zero-order valence-electron chi connectivity index (χ0n) is 20.8. The number of Topliss-reactive ketones (excluding diaryl/α,β-unsaturated/α-hetero) is 2. The van der Waals surface area contributed by atoms with Gasteiger partial charge in [-0.05, 0) is 49.1 Å². The van der Waals surface area contributed by atoms with Gasteiger partial charge in [0.15, 0.2) is 29.7 Å². The Bertz CT molecular complexity index is 1320. The van der Waals surface area contributed by atoms with E-state index in [1.807, 2.05) is 31.2 Å². The minimum absolute atomic E-state index is 0.0144. The van der Waals surface area contributed by atoms with Crippen molar-refractivity contribution in [1.82, 2.24) is 0 Å².